The van der Waals surface area contributed by atoms with Gasteiger partial charge in [-0.05, 0) is 19.3 Å². The van der Waals surface area contributed by atoms with Crippen molar-refractivity contribution in [1.82, 2.24) is 0 Å². The molecule has 0 fully saturated rings. The molecule has 0 saturated carbocycles. The van der Waals surface area contributed by atoms with Crippen LogP contribution in [0.3, 0.4) is 0 Å². The van der Waals surface area contributed by atoms with E-state index in [2.05, 4.69) is 6.58 Å². The fraction of sp³-hybridized carbons (Fsp3) is 0.727. The summed E-state index contributed by atoms with van der Waals surface area (Å²) in [5, 5.41) is 0. The van der Waals surface area contributed by atoms with Gasteiger partial charge in [0, 0.05) is 12.3 Å². The quantitative estimate of drug-likeness (QED) is 0.421. The second-order valence-corrected chi connectivity index (χ2v) is 3.51. The Balaban J connectivity index is 3.19. The predicted molar refractivity (Wildman–Crippen MR) is 53.1 cm³/mol. The van der Waals surface area contributed by atoms with Crippen LogP contribution in [-0.4, -0.2) is 5.78 Å². The number of hydrogen-bond donors (Lipinski definition) is 0. The van der Waals surface area contributed by atoms with Gasteiger partial charge in [0.1, 0.15) is 5.78 Å². The number of hydrogen-bond acceptors (Lipinski definition) is 1. The van der Waals surface area contributed by atoms with Crippen molar-refractivity contribution < 1.29 is 4.79 Å². The van der Waals surface area contributed by atoms with Gasteiger partial charge in [-0.1, -0.05) is 26.3 Å². The Morgan fingerprint density at radius 2 is 2.00 bits per heavy atom. The fourth-order valence-corrected chi connectivity index (χ4v) is 1.05. The highest BCUT2D eigenvalue weighted by Crippen LogP contribution is 2.07. The molecule has 1 heteroatoms. The Morgan fingerprint density at radius 3 is 2.50 bits per heavy atom. The van der Waals surface area contributed by atoms with Gasteiger partial charge in [0.2, 0.25) is 0 Å². The van der Waals surface area contributed by atoms with Crippen LogP contribution in [0.25, 0.3) is 0 Å². The number of unbranched alkanes of at least 4 members (excludes halogenated alkanes) is 3. The van der Waals surface area contributed by atoms with E-state index in [1.807, 2.05) is 19.9 Å². The maximum absolute atomic E-state index is 11.2. The summed E-state index contributed by atoms with van der Waals surface area (Å²) in [6, 6.07) is 0. The number of carbonyl (C=O) groups is 1. The number of rotatable bonds is 7. The lowest BCUT2D eigenvalue weighted by Gasteiger charge is -2.02. The van der Waals surface area contributed by atoms with Crippen LogP contribution in [0.2, 0.25) is 0 Å². The summed E-state index contributed by atoms with van der Waals surface area (Å²) in [6.45, 7) is 7.58. The Labute approximate surface area is 75.9 Å². The molecule has 0 aliphatic rings. The van der Waals surface area contributed by atoms with E-state index in [9.17, 15) is 4.79 Å². The predicted octanol–water partition coefficient (Wildman–Crippen LogP) is 3.35. The molecule has 0 rings (SSSR count). The van der Waals surface area contributed by atoms with Gasteiger partial charge in [-0.2, -0.15) is 0 Å². The maximum atomic E-state index is 11.2. The third-order valence-electron chi connectivity index (χ3n) is 1.98. The van der Waals surface area contributed by atoms with Crippen LogP contribution >= 0.6 is 0 Å². The second-order valence-electron chi connectivity index (χ2n) is 3.51. The monoisotopic (exact) mass is 168 g/mol. The van der Waals surface area contributed by atoms with E-state index in [0.717, 1.165) is 25.7 Å². The molecule has 0 bridgehead atoms. The number of Topliss-reactive ketones (excluding diaryl/α,β-unsaturated/α-hetero) is 1. The van der Waals surface area contributed by atoms with Crippen molar-refractivity contribution in [2.45, 2.75) is 46.0 Å². The molecule has 0 atom stereocenters. The smallest absolute Gasteiger partial charge is 0.135 e. The SMILES string of the molecule is C=CCCCCCC(=O)C(C)C. The van der Waals surface area contributed by atoms with Crippen molar-refractivity contribution in [3.8, 4) is 0 Å². The standard InChI is InChI=1S/C11H20O/c1-4-5-6-7-8-9-11(12)10(2)3/h4,10H,1,5-9H2,2-3H3. The van der Waals surface area contributed by atoms with Crippen LogP contribution in [0.4, 0.5) is 0 Å². The van der Waals surface area contributed by atoms with E-state index in [-0.39, 0.29) is 5.92 Å². The average molecular weight is 168 g/mol. The first-order valence-electron chi connectivity index (χ1n) is 4.82. The van der Waals surface area contributed by atoms with Crippen molar-refractivity contribution in [2.75, 3.05) is 0 Å². The molecule has 0 N–H and O–H groups in total. The van der Waals surface area contributed by atoms with Crippen LogP contribution in [0.1, 0.15) is 46.0 Å². The average Bonchev–Trinajstić information content (AvgIpc) is 2.03. The Hall–Kier alpha value is -0.590. The molecule has 0 heterocycles. The highest BCUT2D eigenvalue weighted by Gasteiger charge is 2.05. The second kappa shape index (κ2) is 7.08. The molecule has 0 aromatic carbocycles. The summed E-state index contributed by atoms with van der Waals surface area (Å²) < 4.78 is 0. The van der Waals surface area contributed by atoms with Gasteiger partial charge in [0.05, 0.1) is 0 Å². The molecule has 0 aromatic rings. The molecule has 0 radical (unpaired) electrons. The number of allylic oxidation sites excluding steroid dienone is 1. The van der Waals surface area contributed by atoms with Crippen molar-refractivity contribution in [3.63, 3.8) is 0 Å². The molecule has 0 spiro atoms. The van der Waals surface area contributed by atoms with Crippen molar-refractivity contribution in [2.24, 2.45) is 5.92 Å². The van der Waals surface area contributed by atoms with E-state index < -0.39 is 0 Å². The normalized spacial score (nSPS) is 10.2. The summed E-state index contributed by atoms with van der Waals surface area (Å²) in [5.74, 6) is 0.609. The van der Waals surface area contributed by atoms with E-state index in [0.29, 0.717) is 5.78 Å². The van der Waals surface area contributed by atoms with Gasteiger partial charge in [-0.25, -0.2) is 0 Å². The highest BCUT2D eigenvalue weighted by molar-refractivity contribution is 5.80. The van der Waals surface area contributed by atoms with Crippen LogP contribution in [0.15, 0.2) is 12.7 Å². The van der Waals surface area contributed by atoms with E-state index in [1.54, 1.807) is 0 Å². The molecule has 1 nitrogen and oxygen atoms in total. The first-order chi connectivity index (χ1) is 5.68. The van der Waals surface area contributed by atoms with Gasteiger partial charge >= 0.3 is 0 Å². The molecule has 0 saturated heterocycles. The third kappa shape index (κ3) is 6.14. The molecule has 0 unspecified atom stereocenters. The van der Waals surface area contributed by atoms with Gasteiger partial charge in [0.15, 0.2) is 0 Å². The van der Waals surface area contributed by atoms with Crippen LogP contribution < -0.4 is 0 Å². The lowest BCUT2D eigenvalue weighted by molar-refractivity contribution is -0.122. The number of ketones is 1. The Morgan fingerprint density at radius 1 is 1.33 bits per heavy atom. The molecular weight excluding hydrogens is 148 g/mol. The first-order valence-corrected chi connectivity index (χ1v) is 4.82. The van der Waals surface area contributed by atoms with Crippen molar-refractivity contribution >= 4 is 5.78 Å². The van der Waals surface area contributed by atoms with Gasteiger partial charge in [0.25, 0.3) is 0 Å². The van der Waals surface area contributed by atoms with Crippen LogP contribution in [0.5, 0.6) is 0 Å². The van der Waals surface area contributed by atoms with Crippen LogP contribution in [-0.2, 0) is 4.79 Å². The zero-order valence-corrected chi connectivity index (χ0v) is 8.31. The van der Waals surface area contributed by atoms with Gasteiger partial charge in [-0.15, -0.1) is 6.58 Å². The minimum atomic E-state index is 0.212. The lowest BCUT2D eigenvalue weighted by atomic mass is 10.0. The summed E-state index contributed by atoms with van der Waals surface area (Å²) in [6.07, 6.45) is 7.15. The van der Waals surface area contributed by atoms with Gasteiger partial charge < -0.3 is 0 Å². The molecule has 0 aromatic heterocycles. The Bertz CT molecular complexity index is 136. The summed E-state index contributed by atoms with van der Waals surface area (Å²) >= 11 is 0. The van der Waals surface area contributed by atoms with Gasteiger partial charge in [-0.3, -0.25) is 4.79 Å². The zero-order chi connectivity index (χ0) is 9.40. The molecule has 70 valence electrons. The molecule has 0 aliphatic carbocycles. The first kappa shape index (κ1) is 11.4. The maximum Gasteiger partial charge on any atom is 0.135 e. The lowest BCUT2D eigenvalue weighted by Crippen LogP contribution is -2.05. The highest BCUT2D eigenvalue weighted by atomic mass is 16.1. The molecular formula is C11H20O. The molecule has 12 heavy (non-hydrogen) atoms. The Kier molecular flexibility index (Phi) is 6.73. The fourth-order valence-electron chi connectivity index (χ4n) is 1.05. The summed E-state index contributed by atoms with van der Waals surface area (Å²) in [4.78, 5) is 11.2. The largest absolute Gasteiger partial charge is 0.299 e. The molecule has 0 aliphatic heterocycles. The van der Waals surface area contributed by atoms with E-state index >= 15 is 0 Å². The summed E-state index contributed by atoms with van der Waals surface area (Å²) in [7, 11) is 0. The summed E-state index contributed by atoms with van der Waals surface area (Å²) in [5.41, 5.74) is 0. The molecule has 0 amide bonds. The van der Waals surface area contributed by atoms with E-state index in [4.69, 9.17) is 0 Å². The topological polar surface area (TPSA) is 17.1 Å². The third-order valence-corrected chi connectivity index (χ3v) is 1.98. The van der Waals surface area contributed by atoms with Crippen LogP contribution in [0, 0.1) is 5.92 Å². The van der Waals surface area contributed by atoms with E-state index in [1.165, 1.54) is 6.42 Å². The van der Waals surface area contributed by atoms with Crippen molar-refractivity contribution in [1.29, 1.82) is 0 Å². The number of carbonyl (C=O) groups excluding carboxylic acids is 1. The van der Waals surface area contributed by atoms with Crippen molar-refractivity contribution in [3.05, 3.63) is 12.7 Å². The minimum absolute atomic E-state index is 0.212. The zero-order valence-electron chi connectivity index (χ0n) is 8.31. The minimum Gasteiger partial charge on any atom is -0.299 e.